The highest BCUT2D eigenvalue weighted by Crippen LogP contribution is 2.29. The first kappa shape index (κ1) is 24.3. The van der Waals surface area contributed by atoms with E-state index in [1.165, 1.54) is 16.9 Å². The summed E-state index contributed by atoms with van der Waals surface area (Å²) in [4.78, 5) is 30.2. The number of nitrogens with zero attached hydrogens (tertiary/aromatic N) is 1. The third-order valence-corrected chi connectivity index (χ3v) is 5.65. The minimum Gasteiger partial charge on any atom is -0.383 e. The topological polar surface area (TPSA) is 91.3 Å². The molecule has 7 heteroatoms. The number of carbonyl (C=O) groups excluding carboxylic acids is 2. The molecule has 0 aromatic carbocycles. The second-order valence-electron chi connectivity index (χ2n) is 7.86. The molecule has 28 heavy (non-hydrogen) atoms. The lowest BCUT2D eigenvalue weighted by Crippen LogP contribution is -2.48. The highest BCUT2D eigenvalue weighted by Gasteiger charge is 2.26. The van der Waals surface area contributed by atoms with E-state index in [1.807, 2.05) is 13.1 Å². The van der Waals surface area contributed by atoms with Crippen LogP contribution in [0.5, 0.6) is 0 Å². The molecule has 0 saturated heterocycles. The van der Waals surface area contributed by atoms with Crippen molar-refractivity contribution < 1.29 is 14.7 Å². The fourth-order valence-electron chi connectivity index (χ4n) is 2.65. The second kappa shape index (κ2) is 12.0. The highest BCUT2D eigenvalue weighted by atomic mass is 32.1. The van der Waals surface area contributed by atoms with Gasteiger partial charge >= 0.3 is 0 Å². The Labute approximate surface area is 172 Å². The number of rotatable bonds is 11. The Morgan fingerprint density at radius 3 is 2.46 bits per heavy atom. The molecule has 0 saturated carbocycles. The largest absolute Gasteiger partial charge is 0.383 e. The molecule has 6 nitrogen and oxygen atoms in total. The average molecular weight is 410 g/mol. The molecular weight excluding hydrogens is 374 g/mol. The van der Waals surface area contributed by atoms with Gasteiger partial charge in [-0.1, -0.05) is 45.8 Å². The normalized spacial score (nSPS) is 14.3. The zero-order valence-electron chi connectivity index (χ0n) is 17.9. The summed E-state index contributed by atoms with van der Waals surface area (Å²) in [6, 6.07) is -0.687. The van der Waals surface area contributed by atoms with Crippen LogP contribution < -0.4 is 10.6 Å². The predicted molar refractivity (Wildman–Crippen MR) is 116 cm³/mol. The van der Waals surface area contributed by atoms with Crippen molar-refractivity contribution in [3.05, 3.63) is 22.7 Å². The lowest BCUT2D eigenvalue weighted by atomic mass is 10.0. The fraction of sp³-hybridized carbons (Fsp3) is 0.667. The first-order valence-corrected chi connectivity index (χ1v) is 10.9. The molecule has 1 aromatic rings. The van der Waals surface area contributed by atoms with E-state index in [2.05, 4.69) is 42.5 Å². The van der Waals surface area contributed by atoms with E-state index in [9.17, 15) is 14.7 Å². The molecule has 2 amide bonds. The molecule has 3 atom stereocenters. The van der Waals surface area contributed by atoms with Crippen LogP contribution in [0.15, 0.2) is 17.8 Å². The molecule has 3 N–H and O–H groups in total. The van der Waals surface area contributed by atoms with Crippen LogP contribution in [0.4, 0.5) is 5.13 Å². The molecule has 158 valence electrons. The van der Waals surface area contributed by atoms with Crippen molar-refractivity contribution in [1.82, 2.24) is 10.3 Å². The number of carbonyl (C=O) groups is 2. The maximum atomic E-state index is 12.6. The van der Waals surface area contributed by atoms with Gasteiger partial charge in [-0.3, -0.25) is 9.59 Å². The third-order valence-electron chi connectivity index (χ3n) is 4.50. The van der Waals surface area contributed by atoms with E-state index in [0.29, 0.717) is 17.5 Å². The van der Waals surface area contributed by atoms with E-state index < -0.39 is 18.1 Å². The number of nitrogens with one attached hydrogen (secondary N) is 2. The van der Waals surface area contributed by atoms with Crippen LogP contribution >= 0.6 is 11.3 Å². The molecule has 0 spiro atoms. The van der Waals surface area contributed by atoms with Gasteiger partial charge in [-0.2, -0.15) is 0 Å². The lowest BCUT2D eigenvalue weighted by Gasteiger charge is -2.20. The second-order valence-corrected chi connectivity index (χ2v) is 8.92. The van der Waals surface area contributed by atoms with Crippen LogP contribution in [0.3, 0.4) is 0 Å². The molecule has 0 bridgehead atoms. The monoisotopic (exact) mass is 409 g/mol. The summed E-state index contributed by atoms with van der Waals surface area (Å²) < 4.78 is 0. The van der Waals surface area contributed by atoms with Gasteiger partial charge in [-0.05, 0) is 44.9 Å². The van der Waals surface area contributed by atoms with E-state index in [-0.39, 0.29) is 11.8 Å². The number of aliphatic hydroxyl groups excluding tert-OH is 1. The predicted octanol–water partition coefficient (Wildman–Crippen LogP) is 4.23. The first-order chi connectivity index (χ1) is 13.1. The molecule has 0 radical (unpaired) electrons. The van der Waals surface area contributed by atoms with Crippen LogP contribution in [-0.2, 0) is 9.59 Å². The van der Waals surface area contributed by atoms with Crippen LogP contribution in [0, 0.1) is 5.92 Å². The molecule has 1 heterocycles. The minimum absolute atomic E-state index is 0.209. The van der Waals surface area contributed by atoms with Crippen molar-refractivity contribution >= 4 is 28.3 Å². The Kier molecular flexibility index (Phi) is 10.4. The van der Waals surface area contributed by atoms with Crippen molar-refractivity contribution in [3.63, 3.8) is 0 Å². The molecule has 0 aliphatic rings. The Balaban J connectivity index is 2.69. The zero-order chi connectivity index (χ0) is 21.3. The fourth-order valence-corrected chi connectivity index (χ4v) is 3.55. The summed E-state index contributed by atoms with van der Waals surface area (Å²) >= 11 is 1.47. The van der Waals surface area contributed by atoms with E-state index >= 15 is 0 Å². The SMILES string of the molecule is CCCC(NC(=O)C(O)C(C)C)C(=O)Nc1ncc(C(C)CCC=C(C)C)s1. The average Bonchev–Trinajstić information content (AvgIpc) is 3.08. The van der Waals surface area contributed by atoms with Gasteiger partial charge < -0.3 is 15.7 Å². The maximum absolute atomic E-state index is 12.6. The quantitative estimate of drug-likeness (QED) is 0.477. The van der Waals surface area contributed by atoms with Crippen molar-refractivity contribution in [2.45, 2.75) is 85.3 Å². The van der Waals surface area contributed by atoms with Gasteiger partial charge in [0.15, 0.2) is 5.13 Å². The first-order valence-electron chi connectivity index (χ1n) is 10.0. The third kappa shape index (κ3) is 8.10. The zero-order valence-corrected chi connectivity index (χ0v) is 18.7. The maximum Gasteiger partial charge on any atom is 0.249 e. The summed E-state index contributed by atoms with van der Waals surface area (Å²) in [6.45, 7) is 11.8. The number of aromatic nitrogens is 1. The molecular formula is C21H35N3O3S. The van der Waals surface area contributed by atoms with Gasteiger partial charge in [-0.25, -0.2) is 4.98 Å². The number of amides is 2. The van der Waals surface area contributed by atoms with E-state index in [1.54, 1.807) is 13.8 Å². The summed E-state index contributed by atoms with van der Waals surface area (Å²) in [5.74, 6) is -0.661. The van der Waals surface area contributed by atoms with Gasteiger partial charge in [0.05, 0.1) is 0 Å². The van der Waals surface area contributed by atoms with Crippen LogP contribution in [0.1, 0.15) is 78.0 Å². The van der Waals surface area contributed by atoms with Gasteiger partial charge in [0.2, 0.25) is 11.8 Å². The number of hydrogen-bond acceptors (Lipinski definition) is 5. The van der Waals surface area contributed by atoms with Crippen molar-refractivity contribution in [1.29, 1.82) is 0 Å². The molecule has 0 aliphatic carbocycles. The van der Waals surface area contributed by atoms with Crippen molar-refractivity contribution in [2.75, 3.05) is 5.32 Å². The van der Waals surface area contributed by atoms with Gasteiger partial charge in [0.1, 0.15) is 12.1 Å². The van der Waals surface area contributed by atoms with Gasteiger partial charge in [0.25, 0.3) is 0 Å². The van der Waals surface area contributed by atoms with Gasteiger partial charge in [-0.15, -0.1) is 11.3 Å². The van der Waals surface area contributed by atoms with Crippen molar-refractivity contribution in [2.24, 2.45) is 5.92 Å². The van der Waals surface area contributed by atoms with Crippen LogP contribution in [-0.4, -0.2) is 34.1 Å². The number of anilines is 1. The van der Waals surface area contributed by atoms with Crippen LogP contribution in [0.25, 0.3) is 0 Å². The number of aliphatic hydroxyl groups is 1. The summed E-state index contributed by atoms with van der Waals surface area (Å²) in [6.07, 6.45) is 6.20. The van der Waals surface area contributed by atoms with E-state index in [4.69, 9.17) is 0 Å². The molecule has 1 rings (SSSR count). The summed E-state index contributed by atoms with van der Waals surface area (Å²) in [7, 11) is 0. The summed E-state index contributed by atoms with van der Waals surface area (Å²) in [5.41, 5.74) is 1.32. The Morgan fingerprint density at radius 2 is 1.89 bits per heavy atom. The standard InChI is InChI=1S/C21H35N3O3S/c1-7-9-16(23-20(27)18(25)14(4)5)19(26)24-21-22-12-17(28-21)15(6)11-8-10-13(2)3/h10,12,14-16,18,25H,7-9,11H2,1-6H3,(H,23,27)(H,22,24,26). The molecule has 0 aliphatic heterocycles. The number of hydrogen-bond donors (Lipinski definition) is 3. The highest BCUT2D eigenvalue weighted by molar-refractivity contribution is 7.15. The Morgan fingerprint density at radius 1 is 1.21 bits per heavy atom. The van der Waals surface area contributed by atoms with Gasteiger partial charge in [0, 0.05) is 11.1 Å². The lowest BCUT2D eigenvalue weighted by molar-refractivity contribution is -0.134. The molecule has 3 unspecified atom stereocenters. The smallest absolute Gasteiger partial charge is 0.249 e. The van der Waals surface area contributed by atoms with E-state index in [0.717, 1.165) is 24.1 Å². The Bertz CT molecular complexity index is 666. The summed E-state index contributed by atoms with van der Waals surface area (Å²) in [5, 5.41) is 15.9. The molecule has 0 fully saturated rings. The Hall–Kier alpha value is -1.73. The number of thiazole rings is 1. The molecule has 1 aromatic heterocycles. The minimum atomic E-state index is -1.12. The van der Waals surface area contributed by atoms with Crippen LogP contribution in [0.2, 0.25) is 0 Å². The van der Waals surface area contributed by atoms with Crippen molar-refractivity contribution in [3.8, 4) is 0 Å². The number of allylic oxidation sites excluding steroid dienone is 2.